The maximum atomic E-state index is 11.1. The van der Waals surface area contributed by atoms with Crippen LogP contribution in [0.2, 0.25) is 0 Å². The van der Waals surface area contributed by atoms with Crippen molar-refractivity contribution < 1.29 is 14.3 Å². The predicted molar refractivity (Wildman–Crippen MR) is 35.7 cm³/mol. The van der Waals surface area contributed by atoms with Gasteiger partial charge in [0.25, 0.3) is 0 Å². The topological polar surface area (TPSA) is 35.5 Å². The fourth-order valence-electron chi connectivity index (χ4n) is 2.17. The molecule has 3 nitrogen and oxygen atoms in total. The normalized spacial score (nSPS) is 51.5. The van der Waals surface area contributed by atoms with Gasteiger partial charge in [0.05, 0.1) is 24.7 Å². The van der Waals surface area contributed by atoms with Gasteiger partial charge in [-0.1, -0.05) is 12.2 Å². The van der Waals surface area contributed by atoms with Crippen LogP contribution in [-0.4, -0.2) is 24.8 Å². The second-order valence-electron chi connectivity index (χ2n) is 3.27. The Morgan fingerprint density at radius 3 is 3.00 bits per heavy atom. The minimum absolute atomic E-state index is 0.00463. The van der Waals surface area contributed by atoms with E-state index in [0.717, 1.165) is 0 Å². The van der Waals surface area contributed by atoms with Crippen molar-refractivity contribution in [3.8, 4) is 0 Å². The Morgan fingerprint density at radius 1 is 1.36 bits per heavy atom. The van der Waals surface area contributed by atoms with Crippen molar-refractivity contribution in [1.29, 1.82) is 0 Å². The van der Waals surface area contributed by atoms with Crippen molar-refractivity contribution >= 4 is 5.97 Å². The summed E-state index contributed by atoms with van der Waals surface area (Å²) in [5, 5.41) is 0. The van der Waals surface area contributed by atoms with Gasteiger partial charge in [-0.15, -0.1) is 0 Å². The first-order valence-electron chi connectivity index (χ1n) is 3.87. The number of ether oxygens (including phenoxy) is 2. The molecule has 58 valence electrons. The van der Waals surface area contributed by atoms with Gasteiger partial charge in [-0.2, -0.15) is 0 Å². The Kier molecular flexibility index (Phi) is 0.874. The van der Waals surface area contributed by atoms with E-state index in [0.29, 0.717) is 12.5 Å². The van der Waals surface area contributed by atoms with Crippen molar-refractivity contribution in [3.05, 3.63) is 12.2 Å². The van der Waals surface area contributed by atoms with Crippen LogP contribution in [0.3, 0.4) is 0 Å². The van der Waals surface area contributed by atoms with Gasteiger partial charge in [-0.3, -0.25) is 4.79 Å². The molecule has 0 saturated carbocycles. The highest BCUT2D eigenvalue weighted by molar-refractivity contribution is 5.77. The molecular weight excluding hydrogens is 144 g/mol. The van der Waals surface area contributed by atoms with Gasteiger partial charge >= 0.3 is 5.97 Å². The molecule has 3 heteroatoms. The van der Waals surface area contributed by atoms with E-state index in [9.17, 15) is 4.79 Å². The number of hydrogen-bond acceptors (Lipinski definition) is 3. The lowest BCUT2D eigenvalue weighted by molar-refractivity contribution is -0.143. The third-order valence-corrected chi connectivity index (χ3v) is 2.73. The summed E-state index contributed by atoms with van der Waals surface area (Å²) in [5.74, 6) is 0.231. The molecule has 0 aromatic carbocycles. The SMILES string of the molecule is O=C1OC[C@@H]2[C@H]1[C@H]1C=C[C@H]2O1. The molecule has 0 aromatic rings. The predicted octanol–water partition coefficient (Wildman–Crippen LogP) is 0.113. The summed E-state index contributed by atoms with van der Waals surface area (Å²) in [6, 6.07) is 0. The minimum atomic E-state index is -0.0770. The first kappa shape index (κ1) is 5.77. The molecule has 0 radical (unpaired) electrons. The van der Waals surface area contributed by atoms with Crippen LogP contribution in [0.5, 0.6) is 0 Å². The molecule has 4 atom stereocenters. The third-order valence-electron chi connectivity index (χ3n) is 2.73. The van der Waals surface area contributed by atoms with Gasteiger partial charge in [0, 0.05) is 5.92 Å². The molecule has 0 amide bonds. The Hall–Kier alpha value is -0.830. The van der Waals surface area contributed by atoms with E-state index in [1.807, 2.05) is 12.2 Å². The number of cyclic esters (lactones) is 1. The summed E-state index contributed by atoms with van der Waals surface area (Å²) in [4.78, 5) is 11.1. The summed E-state index contributed by atoms with van der Waals surface area (Å²) in [6.07, 6.45) is 4.17. The smallest absolute Gasteiger partial charge is 0.312 e. The molecular formula is C8H8O3. The second kappa shape index (κ2) is 1.67. The van der Waals surface area contributed by atoms with Crippen molar-refractivity contribution in [2.24, 2.45) is 11.8 Å². The molecule has 3 rings (SSSR count). The zero-order chi connectivity index (χ0) is 7.42. The Balaban J connectivity index is 2.03. The van der Waals surface area contributed by atoms with Crippen LogP contribution in [-0.2, 0) is 14.3 Å². The number of carbonyl (C=O) groups excluding carboxylic acids is 1. The highest BCUT2D eigenvalue weighted by Gasteiger charge is 2.54. The first-order chi connectivity index (χ1) is 5.36. The van der Waals surface area contributed by atoms with Crippen molar-refractivity contribution in [3.63, 3.8) is 0 Å². The lowest BCUT2D eigenvalue weighted by Crippen LogP contribution is -2.24. The molecule has 3 aliphatic heterocycles. The third kappa shape index (κ3) is 0.554. The Morgan fingerprint density at radius 2 is 2.18 bits per heavy atom. The van der Waals surface area contributed by atoms with E-state index in [4.69, 9.17) is 9.47 Å². The second-order valence-corrected chi connectivity index (χ2v) is 3.27. The quantitative estimate of drug-likeness (QED) is 0.365. The van der Waals surface area contributed by atoms with Crippen LogP contribution >= 0.6 is 0 Å². The largest absolute Gasteiger partial charge is 0.465 e. The van der Waals surface area contributed by atoms with Gasteiger partial charge < -0.3 is 9.47 Å². The average molecular weight is 152 g/mol. The lowest BCUT2D eigenvalue weighted by Gasteiger charge is -2.09. The highest BCUT2D eigenvalue weighted by Crippen LogP contribution is 2.42. The van der Waals surface area contributed by atoms with E-state index in [2.05, 4.69) is 0 Å². The van der Waals surface area contributed by atoms with E-state index < -0.39 is 0 Å². The van der Waals surface area contributed by atoms with Crippen molar-refractivity contribution in [2.75, 3.05) is 6.61 Å². The van der Waals surface area contributed by atoms with Gasteiger partial charge in [0.15, 0.2) is 0 Å². The summed E-state index contributed by atoms with van der Waals surface area (Å²) >= 11 is 0. The van der Waals surface area contributed by atoms with Crippen LogP contribution in [0, 0.1) is 11.8 Å². The molecule has 0 unspecified atom stereocenters. The molecule has 2 fully saturated rings. The van der Waals surface area contributed by atoms with Crippen LogP contribution in [0.15, 0.2) is 12.2 Å². The highest BCUT2D eigenvalue weighted by atomic mass is 16.6. The van der Waals surface area contributed by atoms with Gasteiger partial charge in [0.2, 0.25) is 0 Å². The summed E-state index contributed by atoms with van der Waals surface area (Å²) in [7, 11) is 0. The fraction of sp³-hybridized carbons (Fsp3) is 0.625. The molecule has 2 saturated heterocycles. The van der Waals surface area contributed by atoms with Crippen LogP contribution < -0.4 is 0 Å². The fourth-order valence-corrected chi connectivity index (χ4v) is 2.17. The van der Waals surface area contributed by atoms with Gasteiger partial charge in [0.1, 0.15) is 0 Å². The molecule has 0 spiro atoms. The lowest BCUT2D eigenvalue weighted by atomic mass is 9.86. The molecule has 0 aromatic heterocycles. The zero-order valence-corrected chi connectivity index (χ0v) is 5.90. The Labute approximate surface area is 64.0 Å². The monoisotopic (exact) mass is 152 g/mol. The molecule has 0 N–H and O–H groups in total. The number of esters is 1. The van der Waals surface area contributed by atoms with Gasteiger partial charge in [-0.05, 0) is 0 Å². The number of carbonyl (C=O) groups is 1. The number of rotatable bonds is 0. The van der Waals surface area contributed by atoms with Gasteiger partial charge in [-0.25, -0.2) is 0 Å². The minimum Gasteiger partial charge on any atom is -0.465 e. The maximum absolute atomic E-state index is 11.1. The summed E-state index contributed by atoms with van der Waals surface area (Å²) in [5.41, 5.74) is 0. The molecule has 3 aliphatic rings. The molecule has 2 bridgehead atoms. The molecule has 11 heavy (non-hydrogen) atoms. The van der Waals surface area contributed by atoms with Crippen molar-refractivity contribution in [1.82, 2.24) is 0 Å². The zero-order valence-electron chi connectivity index (χ0n) is 5.90. The Bertz CT molecular complexity index is 246. The van der Waals surface area contributed by atoms with Crippen LogP contribution in [0.4, 0.5) is 0 Å². The average Bonchev–Trinajstić information content (AvgIpc) is 2.60. The molecule has 3 heterocycles. The van der Waals surface area contributed by atoms with Crippen LogP contribution in [0.25, 0.3) is 0 Å². The van der Waals surface area contributed by atoms with E-state index in [-0.39, 0.29) is 24.1 Å². The van der Waals surface area contributed by atoms with Crippen LogP contribution in [0.1, 0.15) is 0 Å². The van der Waals surface area contributed by atoms with E-state index >= 15 is 0 Å². The maximum Gasteiger partial charge on any atom is 0.312 e. The van der Waals surface area contributed by atoms with E-state index in [1.54, 1.807) is 0 Å². The number of fused-ring (bicyclic) bond motifs is 5. The van der Waals surface area contributed by atoms with E-state index in [1.165, 1.54) is 0 Å². The number of hydrogen-bond donors (Lipinski definition) is 0. The molecule has 0 aliphatic carbocycles. The summed E-state index contributed by atoms with van der Waals surface area (Å²) in [6.45, 7) is 0.551. The summed E-state index contributed by atoms with van der Waals surface area (Å²) < 4.78 is 10.4. The first-order valence-corrected chi connectivity index (χ1v) is 3.87. The van der Waals surface area contributed by atoms with Crippen molar-refractivity contribution in [2.45, 2.75) is 12.2 Å². The standard InChI is InChI=1S/C8H8O3/c9-8-7-4(3-10-8)5-1-2-6(7)11-5/h1-2,4-7H,3H2/t4-,5+,6+,7-/m0/s1.